The standard InChI is InChI=1S/C18H15N5O3/c24-18(20-12-4-2-1-3-5-12)21-17-9-8-16(22-23-17)19-13-6-7-14-15(10-13)26-11-25-14/h1-10H,11H2,(H,19,22)(H2,20,21,23,24). The highest BCUT2D eigenvalue weighted by Gasteiger charge is 2.13. The molecule has 2 heterocycles. The van der Waals surface area contributed by atoms with Crippen LogP contribution >= 0.6 is 0 Å². The Balaban J connectivity index is 1.36. The molecule has 1 aliphatic heterocycles. The number of hydrogen-bond donors (Lipinski definition) is 3. The molecule has 3 aromatic rings. The van der Waals surface area contributed by atoms with E-state index in [1.54, 1.807) is 24.3 Å². The van der Waals surface area contributed by atoms with Crippen LogP contribution in [0.15, 0.2) is 60.7 Å². The molecular weight excluding hydrogens is 334 g/mol. The number of para-hydroxylation sites is 1. The van der Waals surface area contributed by atoms with Gasteiger partial charge in [0.1, 0.15) is 0 Å². The molecule has 4 rings (SSSR count). The van der Waals surface area contributed by atoms with Gasteiger partial charge in [-0.15, -0.1) is 10.2 Å². The van der Waals surface area contributed by atoms with Crippen LogP contribution in [0.4, 0.5) is 27.8 Å². The van der Waals surface area contributed by atoms with E-state index in [0.29, 0.717) is 28.8 Å². The lowest BCUT2D eigenvalue weighted by atomic mass is 10.3. The molecule has 1 aromatic heterocycles. The molecule has 26 heavy (non-hydrogen) atoms. The fourth-order valence-corrected chi connectivity index (χ4v) is 2.39. The summed E-state index contributed by atoms with van der Waals surface area (Å²) in [6, 6.07) is 17.6. The van der Waals surface area contributed by atoms with Crippen LogP contribution < -0.4 is 25.4 Å². The van der Waals surface area contributed by atoms with E-state index < -0.39 is 0 Å². The molecule has 0 bridgehead atoms. The molecule has 8 heteroatoms. The summed E-state index contributed by atoms with van der Waals surface area (Å²) in [5.74, 6) is 2.27. The number of nitrogens with zero attached hydrogens (tertiary/aromatic N) is 2. The van der Waals surface area contributed by atoms with E-state index >= 15 is 0 Å². The summed E-state index contributed by atoms with van der Waals surface area (Å²) < 4.78 is 10.6. The van der Waals surface area contributed by atoms with Crippen molar-refractivity contribution in [3.8, 4) is 11.5 Å². The van der Waals surface area contributed by atoms with Crippen molar-refractivity contribution in [3.63, 3.8) is 0 Å². The van der Waals surface area contributed by atoms with E-state index in [9.17, 15) is 4.79 Å². The maximum Gasteiger partial charge on any atom is 0.324 e. The van der Waals surface area contributed by atoms with Crippen LogP contribution in [-0.2, 0) is 0 Å². The van der Waals surface area contributed by atoms with Crippen LogP contribution in [0.3, 0.4) is 0 Å². The summed E-state index contributed by atoms with van der Waals surface area (Å²) in [5, 5.41) is 16.5. The second kappa shape index (κ2) is 6.98. The number of benzene rings is 2. The Morgan fingerprint density at radius 1 is 0.808 bits per heavy atom. The minimum Gasteiger partial charge on any atom is -0.454 e. The molecular formula is C18H15N5O3. The normalized spacial score (nSPS) is 11.7. The second-order valence-electron chi connectivity index (χ2n) is 5.44. The number of anilines is 4. The highest BCUT2D eigenvalue weighted by molar-refractivity contribution is 5.99. The molecule has 0 atom stereocenters. The number of carbonyl (C=O) groups is 1. The third kappa shape index (κ3) is 3.64. The number of hydrogen-bond acceptors (Lipinski definition) is 6. The number of fused-ring (bicyclic) bond motifs is 1. The van der Waals surface area contributed by atoms with Gasteiger partial charge in [-0.25, -0.2) is 4.79 Å². The van der Waals surface area contributed by atoms with Gasteiger partial charge in [-0.05, 0) is 36.4 Å². The number of carbonyl (C=O) groups excluding carboxylic acids is 1. The molecule has 0 unspecified atom stereocenters. The van der Waals surface area contributed by atoms with E-state index in [1.807, 2.05) is 36.4 Å². The van der Waals surface area contributed by atoms with Crippen LogP contribution in [0.5, 0.6) is 11.5 Å². The first-order valence-corrected chi connectivity index (χ1v) is 7.90. The second-order valence-corrected chi connectivity index (χ2v) is 5.44. The third-order valence-electron chi connectivity index (χ3n) is 3.58. The highest BCUT2D eigenvalue weighted by atomic mass is 16.7. The zero-order valence-corrected chi connectivity index (χ0v) is 13.6. The van der Waals surface area contributed by atoms with E-state index in [4.69, 9.17) is 9.47 Å². The Morgan fingerprint density at radius 2 is 1.58 bits per heavy atom. The van der Waals surface area contributed by atoms with Crippen molar-refractivity contribution in [3.05, 3.63) is 60.7 Å². The molecule has 130 valence electrons. The summed E-state index contributed by atoms with van der Waals surface area (Å²) in [7, 11) is 0. The smallest absolute Gasteiger partial charge is 0.324 e. The first kappa shape index (κ1) is 15.7. The highest BCUT2D eigenvalue weighted by Crippen LogP contribution is 2.34. The zero-order valence-electron chi connectivity index (χ0n) is 13.6. The van der Waals surface area contributed by atoms with Crippen molar-refractivity contribution >= 4 is 29.0 Å². The lowest BCUT2D eigenvalue weighted by Gasteiger charge is -2.08. The molecule has 1 aliphatic rings. The minimum absolute atomic E-state index is 0.226. The molecule has 2 amide bonds. The largest absolute Gasteiger partial charge is 0.454 e. The molecule has 0 saturated heterocycles. The van der Waals surface area contributed by atoms with Crippen molar-refractivity contribution in [1.29, 1.82) is 0 Å². The van der Waals surface area contributed by atoms with Gasteiger partial charge in [0, 0.05) is 17.4 Å². The summed E-state index contributed by atoms with van der Waals surface area (Å²) in [4.78, 5) is 11.9. The van der Waals surface area contributed by atoms with Gasteiger partial charge in [0.15, 0.2) is 23.1 Å². The number of amides is 2. The molecule has 8 nitrogen and oxygen atoms in total. The van der Waals surface area contributed by atoms with Gasteiger partial charge in [0.25, 0.3) is 0 Å². The summed E-state index contributed by atoms with van der Waals surface area (Å²) >= 11 is 0. The van der Waals surface area contributed by atoms with Crippen molar-refractivity contribution < 1.29 is 14.3 Å². The Hall–Kier alpha value is -3.81. The van der Waals surface area contributed by atoms with Gasteiger partial charge >= 0.3 is 6.03 Å². The van der Waals surface area contributed by atoms with Crippen LogP contribution in [0, 0.1) is 0 Å². The summed E-state index contributed by atoms with van der Waals surface area (Å²) in [6.45, 7) is 0.226. The number of nitrogens with one attached hydrogen (secondary N) is 3. The average Bonchev–Trinajstić information content (AvgIpc) is 3.12. The number of urea groups is 1. The summed E-state index contributed by atoms with van der Waals surface area (Å²) in [6.07, 6.45) is 0. The molecule has 0 fully saturated rings. The maximum absolute atomic E-state index is 11.9. The zero-order chi connectivity index (χ0) is 17.8. The fourth-order valence-electron chi connectivity index (χ4n) is 2.39. The first-order chi connectivity index (χ1) is 12.8. The Kier molecular flexibility index (Phi) is 4.21. The van der Waals surface area contributed by atoms with Gasteiger partial charge in [-0.3, -0.25) is 5.32 Å². The predicted molar refractivity (Wildman–Crippen MR) is 97.0 cm³/mol. The van der Waals surface area contributed by atoms with Crippen molar-refractivity contribution in [2.24, 2.45) is 0 Å². The summed E-state index contributed by atoms with van der Waals surface area (Å²) in [5.41, 5.74) is 1.49. The number of ether oxygens (including phenoxy) is 2. The predicted octanol–water partition coefficient (Wildman–Crippen LogP) is 3.59. The quantitative estimate of drug-likeness (QED) is 0.666. The van der Waals surface area contributed by atoms with Crippen LogP contribution in [-0.4, -0.2) is 23.0 Å². The van der Waals surface area contributed by atoms with E-state index in [2.05, 4.69) is 26.1 Å². The SMILES string of the molecule is O=C(Nc1ccccc1)Nc1ccc(Nc2ccc3c(c2)OCO3)nn1. The van der Waals surface area contributed by atoms with Gasteiger partial charge in [0.05, 0.1) is 0 Å². The minimum atomic E-state index is -0.387. The Morgan fingerprint density at radius 3 is 2.38 bits per heavy atom. The molecule has 2 aromatic carbocycles. The van der Waals surface area contributed by atoms with Crippen LogP contribution in [0.2, 0.25) is 0 Å². The molecule has 0 radical (unpaired) electrons. The average molecular weight is 349 g/mol. The maximum atomic E-state index is 11.9. The topological polar surface area (TPSA) is 97.4 Å². The fraction of sp³-hybridized carbons (Fsp3) is 0.0556. The van der Waals surface area contributed by atoms with Gasteiger partial charge in [0.2, 0.25) is 6.79 Å². The molecule has 0 saturated carbocycles. The van der Waals surface area contributed by atoms with E-state index in [1.165, 1.54) is 0 Å². The number of rotatable bonds is 4. The Bertz CT molecular complexity index is 916. The molecule has 3 N–H and O–H groups in total. The lowest BCUT2D eigenvalue weighted by Crippen LogP contribution is -2.20. The number of aromatic nitrogens is 2. The van der Waals surface area contributed by atoms with Crippen molar-refractivity contribution in [2.75, 3.05) is 22.7 Å². The monoisotopic (exact) mass is 349 g/mol. The van der Waals surface area contributed by atoms with Crippen LogP contribution in [0.25, 0.3) is 0 Å². The van der Waals surface area contributed by atoms with Gasteiger partial charge in [-0.1, -0.05) is 18.2 Å². The van der Waals surface area contributed by atoms with Crippen molar-refractivity contribution in [2.45, 2.75) is 0 Å². The van der Waals surface area contributed by atoms with Crippen molar-refractivity contribution in [1.82, 2.24) is 10.2 Å². The van der Waals surface area contributed by atoms with Crippen LogP contribution in [0.1, 0.15) is 0 Å². The van der Waals surface area contributed by atoms with E-state index in [-0.39, 0.29) is 12.8 Å². The third-order valence-corrected chi connectivity index (χ3v) is 3.58. The molecule has 0 aliphatic carbocycles. The Labute approximate surface area is 149 Å². The van der Waals surface area contributed by atoms with E-state index in [0.717, 1.165) is 5.69 Å². The first-order valence-electron chi connectivity index (χ1n) is 7.90. The van der Waals surface area contributed by atoms with Gasteiger partial charge < -0.3 is 20.1 Å². The lowest BCUT2D eigenvalue weighted by molar-refractivity contribution is 0.174. The molecule has 0 spiro atoms. The van der Waals surface area contributed by atoms with Gasteiger partial charge in [-0.2, -0.15) is 0 Å².